The molecule has 0 rings (SSSR count). The molecular formula is C2H5O4P. The third-order valence-corrected chi connectivity index (χ3v) is 0.562. The Morgan fingerprint density at radius 1 is 1.57 bits per heavy atom. The smallest absolute Gasteiger partial charge is 0.368 e. The van der Waals surface area contributed by atoms with E-state index in [-0.39, 0.29) is 0 Å². The molecule has 0 aromatic rings. The molecule has 1 atom stereocenters. The van der Waals surface area contributed by atoms with Crippen molar-refractivity contribution in [2.45, 2.75) is 5.53 Å². The SMILES string of the molecule is O=C(O)C(O)(O)P. The fraction of sp³-hybridized carbons (Fsp3) is 0.500. The molecule has 1 unspecified atom stereocenters. The van der Waals surface area contributed by atoms with Crippen LogP contribution in [0.1, 0.15) is 0 Å². The molecule has 0 heterocycles. The Kier molecular flexibility index (Phi) is 1.69. The molecule has 5 heteroatoms. The lowest BCUT2D eigenvalue weighted by Gasteiger charge is -2.06. The average Bonchev–Trinajstić information content (AvgIpc) is 1.31. The molecule has 0 aromatic carbocycles. The summed E-state index contributed by atoms with van der Waals surface area (Å²) in [5, 5.41) is 23.8. The van der Waals surface area contributed by atoms with Crippen LogP contribution in [0.15, 0.2) is 0 Å². The van der Waals surface area contributed by atoms with Crippen LogP contribution in [0, 0.1) is 0 Å². The molecule has 7 heavy (non-hydrogen) atoms. The van der Waals surface area contributed by atoms with Gasteiger partial charge in [0.05, 0.1) is 0 Å². The summed E-state index contributed by atoms with van der Waals surface area (Å²) in [5.74, 6) is -1.68. The predicted octanol–water partition coefficient (Wildman–Crippen LogP) is -1.42. The lowest BCUT2D eigenvalue weighted by atomic mass is 10.7. The van der Waals surface area contributed by atoms with Crippen LogP contribution in [0.5, 0.6) is 0 Å². The van der Waals surface area contributed by atoms with Gasteiger partial charge in [-0.2, -0.15) is 0 Å². The van der Waals surface area contributed by atoms with Gasteiger partial charge in [-0.3, -0.25) is 0 Å². The summed E-state index contributed by atoms with van der Waals surface area (Å²) in [4.78, 5) is 9.50. The number of rotatable bonds is 1. The van der Waals surface area contributed by atoms with Crippen molar-refractivity contribution in [2.75, 3.05) is 0 Å². The van der Waals surface area contributed by atoms with Crippen molar-refractivity contribution >= 4 is 15.2 Å². The summed E-state index contributed by atoms with van der Waals surface area (Å²) < 4.78 is 0. The quantitative estimate of drug-likeness (QED) is 0.296. The maximum absolute atomic E-state index is 9.50. The van der Waals surface area contributed by atoms with Crippen molar-refractivity contribution in [3.63, 3.8) is 0 Å². The molecule has 0 aliphatic rings. The van der Waals surface area contributed by atoms with Gasteiger partial charge in [-0.15, -0.1) is 0 Å². The van der Waals surface area contributed by atoms with E-state index in [2.05, 4.69) is 0 Å². The maximum Gasteiger partial charge on any atom is 0.368 e. The third kappa shape index (κ3) is 2.51. The van der Waals surface area contributed by atoms with Crippen LogP contribution in [-0.4, -0.2) is 26.8 Å². The highest BCUT2D eigenvalue weighted by atomic mass is 31.0. The van der Waals surface area contributed by atoms with Crippen LogP contribution >= 0.6 is 9.24 Å². The zero-order chi connectivity index (χ0) is 6.08. The topological polar surface area (TPSA) is 77.8 Å². The van der Waals surface area contributed by atoms with E-state index < -0.39 is 11.5 Å². The van der Waals surface area contributed by atoms with E-state index in [0.29, 0.717) is 0 Å². The fourth-order valence-electron chi connectivity index (χ4n) is 0. The second-order valence-corrected chi connectivity index (χ2v) is 1.84. The number of hydrogen-bond donors (Lipinski definition) is 3. The Labute approximate surface area is 42.0 Å². The van der Waals surface area contributed by atoms with Crippen molar-refractivity contribution < 1.29 is 20.1 Å². The number of carboxylic acid groups (broad SMARTS) is 1. The average molecular weight is 124 g/mol. The van der Waals surface area contributed by atoms with Crippen LogP contribution in [0.3, 0.4) is 0 Å². The summed E-state index contributed by atoms with van der Waals surface area (Å²) in [6.45, 7) is 0. The molecular weight excluding hydrogens is 119 g/mol. The maximum atomic E-state index is 9.50. The summed E-state index contributed by atoms with van der Waals surface area (Å²) in [7, 11) is 1.34. The Morgan fingerprint density at radius 2 is 1.71 bits per heavy atom. The van der Waals surface area contributed by atoms with E-state index in [1.54, 1.807) is 0 Å². The molecule has 0 radical (unpaired) electrons. The Bertz CT molecular complexity index is 82.2. The van der Waals surface area contributed by atoms with Crippen molar-refractivity contribution in [3.8, 4) is 0 Å². The number of carboxylic acids is 1. The molecule has 0 fully saturated rings. The Morgan fingerprint density at radius 3 is 1.71 bits per heavy atom. The highest BCUT2D eigenvalue weighted by Gasteiger charge is 2.25. The van der Waals surface area contributed by atoms with Gasteiger partial charge in [-0.05, 0) is 0 Å². The van der Waals surface area contributed by atoms with E-state index in [1.165, 1.54) is 9.24 Å². The van der Waals surface area contributed by atoms with E-state index in [0.717, 1.165) is 0 Å². The van der Waals surface area contributed by atoms with Crippen LogP contribution in [0.2, 0.25) is 0 Å². The minimum absolute atomic E-state index is 1.34. The highest BCUT2D eigenvalue weighted by Crippen LogP contribution is 2.07. The monoisotopic (exact) mass is 124 g/mol. The fourth-order valence-corrected chi connectivity index (χ4v) is 0. The lowest BCUT2D eigenvalue weighted by molar-refractivity contribution is -0.174. The lowest BCUT2D eigenvalue weighted by Crippen LogP contribution is -2.29. The molecule has 3 N–H and O–H groups in total. The first-order chi connectivity index (χ1) is 2.94. The van der Waals surface area contributed by atoms with Gasteiger partial charge in [-0.1, -0.05) is 9.24 Å². The first-order valence-corrected chi connectivity index (χ1v) is 1.99. The second-order valence-electron chi connectivity index (χ2n) is 1.03. The summed E-state index contributed by atoms with van der Waals surface area (Å²) >= 11 is 0. The molecule has 4 nitrogen and oxygen atoms in total. The minimum atomic E-state index is -2.67. The first kappa shape index (κ1) is 6.82. The normalized spacial score (nSPS) is 11.3. The number of hydrogen-bond acceptors (Lipinski definition) is 3. The van der Waals surface area contributed by atoms with Crippen LogP contribution in [0.25, 0.3) is 0 Å². The second kappa shape index (κ2) is 1.74. The zero-order valence-corrected chi connectivity index (χ0v) is 4.48. The van der Waals surface area contributed by atoms with Gasteiger partial charge in [-0.25, -0.2) is 4.79 Å². The van der Waals surface area contributed by atoms with Crippen molar-refractivity contribution in [1.82, 2.24) is 0 Å². The largest absolute Gasteiger partial charge is 0.477 e. The minimum Gasteiger partial charge on any atom is -0.477 e. The van der Waals surface area contributed by atoms with Crippen molar-refractivity contribution in [1.29, 1.82) is 0 Å². The highest BCUT2D eigenvalue weighted by molar-refractivity contribution is 7.20. The molecule has 0 saturated carbocycles. The van der Waals surface area contributed by atoms with E-state index in [1.807, 2.05) is 0 Å². The number of aliphatic carboxylic acids is 1. The zero-order valence-electron chi connectivity index (χ0n) is 3.33. The molecule has 0 amide bonds. The van der Waals surface area contributed by atoms with E-state index in [9.17, 15) is 4.79 Å². The molecule has 0 bridgehead atoms. The molecule has 42 valence electrons. The standard InChI is InChI=1S/C2H5O4P/c3-1(4)2(5,6)7/h5-6H,7H2,(H,3,4). The van der Waals surface area contributed by atoms with Crippen LogP contribution < -0.4 is 0 Å². The summed E-state index contributed by atoms with van der Waals surface area (Å²) in [6, 6.07) is 0. The van der Waals surface area contributed by atoms with E-state index in [4.69, 9.17) is 15.3 Å². The predicted molar refractivity (Wildman–Crippen MR) is 24.5 cm³/mol. The molecule has 0 aromatic heterocycles. The molecule has 0 aliphatic carbocycles. The summed E-state index contributed by atoms with van der Waals surface area (Å²) in [5.41, 5.74) is -2.67. The third-order valence-electron chi connectivity index (χ3n) is 0.315. The number of carbonyl (C=O) groups is 1. The van der Waals surface area contributed by atoms with E-state index >= 15 is 0 Å². The van der Waals surface area contributed by atoms with Crippen LogP contribution in [-0.2, 0) is 4.79 Å². The van der Waals surface area contributed by atoms with Crippen LogP contribution in [0.4, 0.5) is 0 Å². The summed E-state index contributed by atoms with van der Waals surface area (Å²) in [6.07, 6.45) is 0. The van der Waals surface area contributed by atoms with Gasteiger partial charge in [0.25, 0.3) is 5.53 Å². The number of aliphatic hydroxyl groups is 2. The van der Waals surface area contributed by atoms with Gasteiger partial charge in [0.1, 0.15) is 0 Å². The van der Waals surface area contributed by atoms with Gasteiger partial charge in [0.2, 0.25) is 0 Å². The Hall–Kier alpha value is -0.180. The van der Waals surface area contributed by atoms with Crippen molar-refractivity contribution in [3.05, 3.63) is 0 Å². The molecule has 0 spiro atoms. The van der Waals surface area contributed by atoms with Gasteiger partial charge in [0, 0.05) is 0 Å². The first-order valence-electron chi connectivity index (χ1n) is 1.41. The van der Waals surface area contributed by atoms with Gasteiger partial charge < -0.3 is 15.3 Å². The van der Waals surface area contributed by atoms with Gasteiger partial charge in [0.15, 0.2) is 0 Å². The van der Waals surface area contributed by atoms with Crippen molar-refractivity contribution in [2.24, 2.45) is 0 Å². The Balaban J connectivity index is 3.79. The molecule has 0 aliphatic heterocycles. The molecule has 0 saturated heterocycles. The van der Waals surface area contributed by atoms with Gasteiger partial charge >= 0.3 is 5.97 Å².